The largest absolute Gasteiger partial charge is 0.468 e. The Labute approximate surface area is 401 Å². The van der Waals surface area contributed by atoms with Gasteiger partial charge < -0.3 is 19.1 Å². The molecule has 4 fully saturated rings. The molecule has 0 spiro atoms. The predicted molar refractivity (Wildman–Crippen MR) is 267 cm³/mol. The molecule has 1 heterocycles. The predicted octanol–water partition coefficient (Wildman–Crippen LogP) is 12.2. The summed E-state index contributed by atoms with van der Waals surface area (Å²) in [6.45, 7) is 28.7. The number of methoxy groups -OCH3 is 1. The SMILES string of the molecule is CCN(CC)c1ccc2c(c1)OC1=CC(=[N+](CC)CC)C=CC1C2c1ccccc1C(=O)O[C@@H]1CC[C@@]2(C)[C@@H](CC[C@]3(C)[C@@H]2C(=O)C=C2[C@@H]4[C@@H](C)[C@H](C)CC[C@]4(C)CC[C@]23C)[C@@]1(C)C(=O)OC. The highest BCUT2D eigenvalue weighted by molar-refractivity contribution is 6.02. The Hall–Kier alpha value is -4.46. The summed E-state index contributed by atoms with van der Waals surface area (Å²) in [6.07, 6.45) is 15.5. The molecule has 4 saturated carbocycles. The number of esters is 2. The number of hydrogen-bond donors (Lipinski definition) is 0. The van der Waals surface area contributed by atoms with Crippen LogP contribution in [0.15, 0.2) is 78.1 Å². The Bertz CT molecular complexity index is 2450. The van der Waals surface area contributed by atoms with E-state index >= 15 is 9.59 Å². The molecule has 8 heteroatoms. The number of rotatable bonds is 9. The van der Waals surface area contributed by atoms with Gasteiger partial charge in [-0.2, -0.15) is 0 Å². The fraction of sp³-hybridized carbons (Fsp3) is 0.627. The Morgan fingerprint density at radius 3 is 2.28 bits per heavy atom. The number of carbonyl (C=O) groups excluding carboxylic acids is 3. The minimum atomic E-state index is -1.16. The van der Waals surface area contributed by atoms with E-state index in [-0.39, 0.29) is 51.7 Å². The maximum atomic E-state index is 15.2. The molecule has 9 rings (SSSR count). The fourth-order valence-electron chi connectivity index (χ4n) is 16.3. The highest BCUT2D eigenvalue weighted by Crippen LogP contribution is 2.75. The van der Waals surface area contributed by atoms with Gasteiger partial charge in [0.2, 0.25) is 5.71 Å². The second-order valence-corrected chi connectivity index (χ2v) is 23.1. The molecule has 0 N–H and O–H groups in total. The van der Waals surface area contributed by atoms with Gasteiger partial charge in [-0.05, 0) is 155 Å². The highest BCUT2D eigenvalue weighted by Gasteiger charge is 2.72. The van der Waals surface area contributed by atoms with Crippen molar-refractivity contribution in [1.29, 1.82) is 0 Å². The van der Waals surface area contributed by atoms with Crippen LogP contribution in [0.3, 0.4) is 0 Å². The van der Waals surface area contributed by atoms with E-state index in [1.54, 1.807) is 0 Å². The summed E-state index contributed by atoms with van der Waals surface area (Å²) in [7, 11) is 1.45. The molecule has 2 aromatic rings. The van der Waals surface area contributed by atoms with Crippen LogP contribution in [0.25, 0.3) is 0 Å². The third-order valence-corrected chi connectivity index (χ3v) is 20.4. The van der Waals surface area contributed by atoms with Crippen molar-refractivity contribution in [2.75, 3.05) is 38.2 Å². The standard InChI is InChI=1S/C59H79N2O6/c1-13-60(14-2)38-21-23-42-46(33-38)66-47-34-39(61(15-3)16-4)22-24-43(47)50(42)40-19-17-18-20-41(40)53(63)67-49-27-29-56(8)48(59(49,11)54(64)65-12)26-30-58(10)52(56)45(62)35-44-51-37(6)36(5)25-28-55(51,7)31-32-57(44,58)9/h17-24,33-37,42,48-52H,13-16,25-32H2,1-12H3/q+1/t36-,37+,42?,48-,49-,50?,51+,52-,55-,56+,57-,58-,59-/m1/s1. The first-order valence-corrected chi connectivity index (χ1v) is 26.1. The number of ether oxygens (including phenoxy) is 3. The summed E-state index contributed by atoms with van der Waals surface area (Å²) in [5.74, 6) is 1.77. The summed E-state index contributed by atoms with van der Waals surface area (Å²) < 4.78 is 21.7. The molecule has 360 valence electrons. The molecule has 13 atom stereocenters. The summed E-state index contributed by atoms with van der Waals surface area (Å²) in [5, 5.41) is 0. The van der Waals surface area contributed by atoms with E-state index < -0.39 is 22.9 Å². The van der Waals surface area contributed by atoms with Crippen LogP contribution < -0.4 is 9.64 Å². The molecule has 0 amide bonds. The Kier molecular flexibility index (Phi) is 12.2. The van der Waals surface area contributed by atoms with E-state index in [0.29, 0.717) is 36.2 Å². The van der Waals surface area contributed by atoms with E-state index in [1.165, 1.54) is 31.9 Å². The van der Waals surface area contributed by atoms with E-state index in [9.17, 15) is 4.79 Å². The molecule has 6 aliphatic carbocycles. The van der Waals surface area contributed by atoms with Crippen LogP contribution in [0.4, 0.5) is 5.69 Å². The van der Waals surface area contributed by atoms with Crippen LogP contribution in [0.1, 0.15) is 155 Å². The molecular weight excluding hydrogens is 833 g/mol. The topological polar surface area (TPSA) is 85.2 Å². The summed E-state index contributed by atoms with van der Waals surface area (Å²) in [5.41, 5.74) is 4.15. The first kappa shape index (κ1) is 47.6. The first-order chi connectivity index (χ1) is 31.9. The highest BCUT2D eigenvalue weighted by atomic mass is 16.6. The number of ketones is 1. The lowest BCUT2D eigenvalue weighted by molar-refractivity contribution is -0.519. The van der Waals surface area contributed by atoms with Crippen molar-refractivity contribution >= 4 is 29.1 Å². The van der Waals surface area contributed by atoms with Crippen molar-refractivity contribution in [3.8, 4) is 5.75 Å². The molecule has 7 aliphatic rings. The van der Waals surface area contributed by atoms with Gasteiger partial charge in [0.1, 0.15) is 36.1 Å². The van der Waals surface area contributed by atoms with Crippen molar-refractivity contribution in [3.05, 3.63) is 94.8 Å². The third kappa shape index (κ3) is 7.00. The van der Waals surface area contributed by atoms with Gasteiger partial charge in [0.15, 0.2) is 5.78 Å². The maximum absolute atomic E-state index is 15.2. The summed E-state index contributed by atoms with van der Waals surface area (Å²) in [4.78, 5) is 47.2. The van der Waals surface area contributed by atoms with Crippen molar-refractivity contribution in [1.82, 2.24) is 0 Å². The van der Waals surface area contributed by atoms with Crippen molar-refractivity contribution < 1.29 is 33.2 Å². The number of anilines is 1. The van der Waals surface area contributed by atoms with Crippen LogP contribution in [0, 0.1) is 62.6 Å². The minimum Gasteiger partial charge on any atom is -0.468 e. The van der Waals surface area contributed by atoms with Crippen LogP contribution in [0.5, 0.6) is 5.75 Å². The number of nitrogens with zero attached hydrogens (tertiary/aromatic N) is 2. The first-order valence-electron chi connectivity index (χ1n) is 26.1. The number of carbonyl (C=O) groups is 3. The lowest BCUT2D eigenvalue weighted by Gasteiger charge is -2.70. The number of benzene rings is 2. The average Bonchev–Trinajstić information content (AvgIpc) is 3.31. The molecule has 67 heavy (non-hydrogen) atoms. The van der Waals surface area contributed by atoms with E-state index in [4.69, 9.17) is 14.2 Å². The lowest BCUT2D eigenvalue weighted by Crippen LogP contribution is -2.68. The molecule has 8 nitrogen and oxygen atoms in total. The number of hydrogen-bond acceptors (Lipinski definition) is 7. The third-order valence-electron chi connectivity index (χ3n) is 20.4. The molecule has 0 saturated heterocycles. The van der Waals surface area contributed by atoms with E-state index in [0.717, 1.165) is 79.5 Å². The van der Waals surface area contributed by atoms with Gasteiger partial charge in [-0.15, -0.1) is 0 Å². The van der Waals surface area contributed by atoms with Gasteiger partial charge in [-0.1, -0.05) is 77.5 Å². The second kappa shape index (κ2) is 17.2. The van der Waals surface area contributed by atoms with Gasteiger partial charge in [-0.25, -0.2) is 9.37 Å². The zero-order chi connectivity index (χ0) is 48.0. The van der Waals surface area contributed by atoms with Gasteiger partial charge >= 0.3 is 11.9 Å². The molecule has 2 unspecified atom stereocenters. The van der Waals surface area contributed by atoms with Crippen molar-refractivity contribution in [3.63, 3.8) is 0 Å². The Balaban J connectivity index is 1.07. The Morgan fingerprint density at radius 2 is 1.58 bits per heavy atom. The molecule has 0 aromatic heterocycles. The van der Waals surface area contributed by atoms with Crippen LogP contribution >= 0.6 is 0 Å². The fourth-order valence-corrected chi connectivity index (χ4v) is 16.3. The molecular formula is C59H79N2O6+. The van der Waals surface area contributed by atoms with Gasteiger partial charge in [0, 0.05) is 60.3 Å². The number of allylic oxidation sites excluding steroid dienone is 5. The zero-order valence-corrected chi connectivity index (χ0v) is 42.8. The van der Waals surface area contributed by atoms with E-state index in [2.05, 4.69) is 127 Å². The second-order valence-electron chi connectivity index (χ2n) is 23.1. The quantitative estimate of drug-likeness (QED) is 0.183. The summed E-state index contributed by atoms with van der Waals surface area (Å²) in [6, 6.07) is 14.3. The Morgan fingerprint density at radius 1 is 0.851 bits per heavy atom. The zero-order valence-electron chi connectivity index (χ0n) is 42.8. The van der Waals surface area contributed by atoms with Gasteiger partial charge in [0.05, 0.1) is 12.7 Å². The summed E-state index contributed by atoms with van der Waals surface area (Å²) >= 11 is 0. The van der Waals surface area contributed by atoms with Crippen molar-refractivity contribution in [2.45, 2.75) is 140 Å². The van der Waals surface area contributed by atoms with Crippen molar-refractivity contribution in [2.24, 2.45) is 62.6 Å². The normalized spacial score (nSPS) is 38.3. The van der Waals surface area contributed by atoms with Crippen LogP contribution in [-0.2, 0) is 19.1 Å². The molecule has 1 aliphatic heterocycles. The van der Waals surface area contributed by atoms with Crippen LogP contribution in [0.2, 0.25) is 0 Å². The smallest absolute Gasteiger partial charge is 0.338 e. The van der Waals surface area contributed by atoms with Gasteiger partial charge in [-0.3, -0.25) is 9.59 Å². The molecule has 0 bridgehead atoms. The lowest BCUT2D eigenvalue weighted by atomic mass is 9.33. The number of fused-ring (bicyclic) bond motifs is 9. The molecule has 2 aromatic carbocycles. The maximum Gasteiger partial charge on any atom is 0.338 e. The van der Waals surface area contributed by atoms with Gasteiger partial charge in [0.25, 0.3) is 0 Å². The van der Waals surface area contributed by atoms with Crippen LogP contribution in [-0.4, -0.2) is 67.4 Å². The monoisotopic (exact) mass is 912 g/mol. The minimum absolute atomic E-state index is 0.118. The van der Waals surface area contributed by atoms with E-state index in [1.807, 2.05) is 25.1 Å². The molecule has 0 radical (unpaired) electrons. The average molecular weight is 912 g/mol.